The van der Waals surface area contributed by atoms with Gasteiger partial charge in [-0.25, -0.2) is 13.8 Å². The minimum Gasteiger partial charge on any atom is -0.506 e. The summed E-state index contributed by atoms with van der Waals surface area (Å²) in [5.74, 6) is -2.66. The number of aromatic nitrogens is 1. The average molecular weight is 275 g/mol. The molecule has 0 radical (unpaired) electrons. The monoisotopic (exact) mass is 275 g/mol. The molecular weight excluding hydrogens is 269 g/mol. The van der Waals surface area contributed by atoms with Crippen molar-refractivity contribution in [2.75, 3.05) is 0 Å². The van der Waals surface area contributed by atoms with E-state index in [0.29, 0.717) is 24.3 Å². The van der Waals surface area contributed by atoms with Crippen LogP contribution in [0.25, 0.3) is 11.3 Å². The van der Waals surface area contributed by atoms with Gasteiger partial charge < -0.3 is 5.11 Å². The van der Waals surface area contributed by atoms with Crippen molar-refractivity contribution in [2.45, 2.75) is 6.18 Å². The third-order valence-electron chi connectivity index (χ3n) is 2.38. The topological polar surface area (TPSA) is 33.1 Å². The van der Waals surface area contributed by atoms with Crippen LogP contribution in [0.1, 0.15) is 5.56 Å². The Balaban J connectivity index is 2.61. The molecule has 0 amide bonds. The molecule has 0 bridgehead atoms. The summed E-state index contributed by atoms with van der Waals surface area (Å²) in [7, 11) is 0. The highest BCUT2D eigenvalue weighted by atomic mass is 19.4. The molecule has 0 saturated heterocycles. The number of hydrogen-bond donors (Lipinski definition) is 1. The largest absolute Gasteiger partial charge is 0.506 e. The van der Waals surface area contributed by atoms with E-state index >= 15 is 0 Å². The predicted molar refractivity (Wildman–Crippen MR) is 56.3 cm³/mol. The van der Waals surface area contributed by atoms with Crippen molar-refractivity contribution in [3.8, 4) is 17.0 Å². The first kappa shape index (κ1) is 13.3. The van der Waals surface area contributed by atoms with Crippen LogP contribution in [0.15, 0.2) is 30.5 Å². The van der Waals surface area contributed by atoms with Gasteiger partial charge in [-0.3, -0.25) is 0 Å². The fourth-order valence-electron chi connectivity index (χ4n) is 1.51. The van der Waals surface area contributed by atoms with Crippen LogP contribution in [0.4, 0.5) is 22.0 Å². The first-order valence-electron chi connectivity index (χ1n) is 5.00. The van der Waals surface area contributed by atoms with Crippen molar-refractivity contribution in [2.24, 2.45) is 0 Å². The second-order valence-electron chi connectivity index (χ2n) is 3.72. The second-order valence-corrected chi connectivity index (χ2v) is 3.72. The quantitative estimate of drug-likeness (QED) is 0.804. The molecule has 19 heavy (non-hydrogen) atoms. The highest BCUT2D eigenvalue weighted by Gasteiger charge is 2.31. The molecule has 2 aromatic rings. The molecule has 1 aromatic heterocycles. The number of nitrogens with zero attached hydrogens (tertiary/aromatic N) is 1. The molecule has 1 aromatic carbocycles. The molecule has 0 aliphatic carbocycles. The first-order chi connectivity index (χ1) is 8.79. The minimum absolute atomic E-state index is 0.470. The second kappa shape index (κ2) is 4.49. The summed E-state index contributed by atoms with van der Waals surface area (Å²) in [5, 5.41) is 8.96. The number of aromatic hydroxyl groups is 1. The molecule has 0 aliphatic rings. The third kappa shape index (κ3) is 2.64. The first-order valence-corrected chi connectivity index (χ1v) is 5.00. The lowest BCUT2D eigenvalue weighted by molar-refractivity contribution is -0.137. The van der Waals surface area contributed by atoms with E-state index in [4.69, 9.17) is 5.11 Å². The van der Waals surface area contributed by atoms with Crippen LogP contribution in [0.3, 0.4) is 0 Å². The van der Waals surface area contributed by atoms with Gasteiger partial charge >= 0.3 is 6.18 Å². The lowest BCUT2D eigenvalue weighted by Crippen LogP contribution is -2.06. The van der Waals surface area contributed by atoms with Crippen LogP contribution >= 0.6 is 0 Å². The number of rotatable bonds is 1. The Morgan fingerprint density at radius 3 is 2.26 bits per heavy atom. The molecule has 0 unspecified atom stereocenters. The van der Waals surface area contributed by atoms with Crippen molar-refractivity contribution in [1.29, 1.82) is 0 Å². The molecule has 2 nitrogen and oxygen atoms in total. The Bertz CT molecular complexity index is 624. The van der Waals surface area contributed by atoms with Crippen molar-refractivity contribution in [3.05, 3.63) is 47.7 Å². The summed E-state index contributed by atoms with van der Waals surface area (Å²) in [6.45, 7) is 0. The maximum atomic E-state index is 13.5. The fraction of sp³-hybridized carbons (Fsp3) is 0.0833. The van der Waals surface area contributed by atoms with Gasteiger partial charge in [0.1, 0.15) is 17.3 Å². The van der Waals surface area contributed by atoms with Gasteiger partial charge in [0.05, 0.1) is 11.8 Å². The summed E-state index contributed by atoms with van der Waals surface area (Å²) in [6, 6.07) is 2.25. The Morgan fingerprint density at radius 2 is 1.68 bits per heavy atom. The van der Waals surface area contributed by atoms with Crippen LogP contribution in [0.2, 0.25) is 0 Å². The summed E-state index contributed by atoms with van der Waals surface area (Å²) in [5.41, 5.74) is -2.33. The van der Waals surface area contributed by atoms with E-state index < -0.39 is 40.4 Å². The lowest BCUT2D eigenvalue weighted by atomic mass is 10.1. The average Bonchev–Trinajstić information content (AvgIpc) is 2.29. The van der Waals surface area contributed by atoms with Crippen molar-refractivity contribution in [3.63, 3.8) is 0 Å². The zero-order chi connectivity index (χ0) is 14.2. The summed E-state index contributed by atoms with van der Waals surface area (Å²) < 4.78 is 64.5. The van der Waals surface area contributed by atoms with Crippen LogP contribution in [0.5, 0.6) is 5.75 Å². The van der Waals surface area contributed by atoms with Gasteiger partial charge in [0.2, 0.25) is 0 Å². The van der Waals surface area contributed by atoms with Crippen molar-refractivity contribution >= 4 is 0 Å². The summed E-state index contributed by atoms with van der Waals surface area (Å²) in [6.07, 6.45) is -3.85. The Kier molecular flexibility index (Phi) is 3.13. The highest BCUT2D eigenvalue weighted by Crippen LogP contribution is 2.34. The zero-order valence-corrected chi connectivity index (χ0v) is 9.17. The van der Waals surface area contributed by atoms with Gasteiger partial charge in [0, 0.05) is 11.6 Å². The van der Waals surface area contributed by atoms with Gasteiger partial charge in [-0.05, 0) is 18.2 Å². The van der Waals surface area contributed by atoms with Crippen molar-refractivity contribution < 1.29 is 27.1 Å². The number of pyridine rings is 1. The molecule has 0 atom stereocenters. The summed E-state index contributed by atoms with van der Waals surface area (Å²) in [4.78, 5) is 3.40. The molecule has 1 N–H and O–H groups in total. The van der Waals surface area contributed by atoms with Crippen LogP contribution in [-0.2, 0) is 6.18 Å². The van der Waals surface area contributed by atoms with E-state index in [1.165, 1.54) is 0 Å². The van der Waals surface area contributed by atoms with E-state index in [1.54, 1.807) is 0 Å². The highest BCUT2D eigenvalue weighted by molar-refractivity contribution is 5.62. The van der Waals surface area contributed by atoms with E-state index in [-0.39, 0.29) is 0 Å². The minimum atomic E-state index is -4.67. The molecule has 1 heterocycles. The Hall–Kier alpha value is -2.18. The van der Waals surface area contributed by atoms with Gasteiger partial charge in [0.25, 0.3) is 0 Å². The Labute approximate surface area is 104 Å². The van der Waals surface area contributed by atoms with Gasteiger partial charge in [-0.1, -0.05) is 0 Å². The maximum absolute atomic E-state index is 13.5. The molecule has 0 fully saturated rings. The standard InChI is InChI=1S/C12H6F5NO/c13-9-2-1-6(12(15,16)17)3-8(9)11-10(14)4-7(19)5-18-11/h1-5,19H. The maximum Gasteiger partial charge on any atom is 0.416 e. The van der Waals surface area contributed by atoms with Crippen molar-refractivity contribution in [1.82, 2.24) is 4.98 Å². The molecule has 0 aliphatic heterocycles. The molecule has 2 rings (SSSR count). The van der Waals surface area contributed by atoms with E-state index in [1.807, 2.05) is 0 Å². The number of hydrogen-bond acceptors (Lipinski definition) is 2. The normalized spacial score (nSPS) is 11.6. The molecular formula is C12H6F5NO. The van der Waals surface area contributed by atoms with Crippen LogP contribution < -0.4 is 0 Å². The van der Waals surface area contributed by atoms with Gasteiger partial charge in [-0.2, -0.15) is 13.2 Å². The van der Waals surface area contributed by atoms with E-state index in [0.717, 1.165) is 6.20 Å². The zero-order valence-electron chi connectivity index (χ0n) is 9.17. The molecule has 7 heteroatoms. The molecule has 0 spiro atoms. The van der Waals surface area contributed by atoms with Crippen LogP contribution in [0, 0.1) is 11.6 Å². The van der Waals surface area contributed by atoms with E-state index in [9.17, 15) is 22.0 Å². The SMILES string of the molecule is Oc1cnc(-c2cc(C(F)(F)F)ccc2F)c(F)c1. The fourth-order valence-corrected chi connectivity index (χ4v) is 1.51. The summed E-state index contributed by atoms with van der Waals surface area (Å²) >= 11 is 0. The van der Waals surface area contributed by atoms with E-state index in [2.05, 4.69) is 4.98 Å². The number of benzene rings is 1. The molecule has 100 valence electrons. The van der Waals surface area contributed by atoms with Crippen LogP contribution in [-0.4, -0.2) is 10.1 Å². The smallest absolute Gasteiger partial charge is 0.416 e. The van der Waals surface area contributed by atoms with Gasteiger partial charge in [-0.15, -0.1) is 0 Å². The third-order valence-corrected chi connectivity index (χ3v) is 2.38. The molecule has 0 saturated carbocycles. The lowest BCUT2D eigenvalue weighted by Gasteiger charge is -2.10. The van der Waals surface area contributed by atoms with Gasteiger partial charge in [0.15, 0.2) is 5.82 Å². The predicted octanol–water partition coefficient (Wildman–Crippen LogP) is 3.75. The number of alkyl halides is 3. The Morgan fingerprint density at radius 1 is 1.00 bits per heavy atom. The number of halogens is 5.